The first-order chi connectivity index (χ1) is 22.9. The molecule has 2 heterocycles. The molecule has 2 amide bonds. The van der Waals surface area contributed by atoms with Crippen LogP contribution < -0.4 is 24.4 Å². The number of ether oxygens (including phenoxy) is 3. The number of rotatable bonds is 10. The number of fused-ring (bicyclic) bond motifs is 1. The number of nitrogens with one attached hydrogen (secondary N) is 1. The molecule has 1 N–H and O–H groups in total. The molecule has 1 aromatic heterocycles. The monoisotopic (exact) mass is 652 g/mol. The topological polar surface area (TPSA) is 94.9 Å². The summed E-state index contributed by atoms with van der Waals surface area (Å²) < 4.78 is 32.0. The second-order valence-electron chi connectivity index (χ2n) is 10.7. The minimum absolute atomic E-state index is 0.0851. The second-order valence-corrected chi connectivity index (χ2v) is 11.8. The minimum Gasteiger partial charge on any atom is -0.497 e. The molecule has 1 atom stereocenters. The molecule has 0 unspecified atom stereocenters. The number of benzene rings is 4. The van der Waals surface area contributed by atoms with E-state index in [9.17, 15) is 14.0 Å². The van der Waals surface area contributed by atoms with Crippen molar-refractivity contribution in [3.8, 4) is 34.2 Å². The lowest BCUT2D eigenvalue weighted by Crippen LogP contribution is -2.42. The Morgan fingerprint density at radius 2 is 1.62 bits per heavy atom. The maximum atomic E-state index is 14.1. The van der Waals surface area contributed by atoms with Crippen LogP contribution in [0.5, 0.6) is 17.2 Å². The average molecular weight is 653 g/mol. The summed E-state index contributed by atoms with van der Waals surface area (Å²) in [6.07, 6.45) is 0. The van der Waals surface area contributed by atoms with Crippen molar-refractivity contribution in [2.75, 3.05) is 38.5 Å². The fraction of sp³-hybridized carbons (Fsp3) is 0.194. The molecule has 9 nitrogen and oxygen atoms in total. The fourth-order valence-electron chi connectivity index (χ4n) is 5.52. The number of anilines is 1. The van der Waals surface area contributed by atoms with Gasteiger partial charge in [-0.2, -0.15) is 5.10 Å². The van der Waals surface area contributed by atoms with Gasteiger partial charge in [0.25, 0.3) is 0 Å². The van der Waals surface area contributed by atoms with Crippen LogP contribution in [0.25, 0.3) is 16.9 Å². The summed E-state index contributed by atoms with van der Waals surface area (Å²) in [4.78, 5) is 29.1. The van der Waals surface area contributed by atoms with Gasteiger partial charge in [0, 0.05) is 23.2 Å². The molecule has 1 aliphatic heterocycles. The molecule has 5 aromatic rings. The standard InChI is InChI=1S/C36H33FN4O5S/c1-44-27-15-13-26(14-16-27)41-36-33(34(39-41)24-7-5-4-6-8-24)35(29-19-28(45-2)17-18-30(29)46-3)47-22-32(43)40(36)21-31(42)38-20-23-9-11-25(37)12-10-23/h4-19,35H,20-22H2,1-3H3,(H,38,42)/t35-/m0/s1. The van der Waals surface area contributed by atoms with Crippen molar-refractivity contribution in [1.82, 2.24) is 15.1 Å². The smallest absolute Gasteiger partial charge is 0.240 e. The van der Waals surface area contributed by atoms with Crippen LogP contribution in [0.3, 0.4) is 0 Å². The van der Waals surface area contributed by atoms with Crippen molar-refractivity contribution in [3.63, 3.8) is 0 Å². The van der Waals surface area contributed by atoms with E-state index in [1.54, 1.807) is 38.1 Å². The summed E-state index contributed by atoms with van der Waals surface area (Å²) in [7, 11) is 4.80. The molecule has 0 spiro atoms. The third kappa shape index (κ3) is 6.66. The van der Waals surface area contributed by atoms with E-state index in [0.29, 0.717) is 34.4 Å². The molecule has 0 radical (unpaired) electrons. The zero-order valence-electron chi connectivity index (χ0n) is 26.1. The number of methoxy groups -OCH3 is 3. The lowest BCUT2D eigenvalue weighted by atomic mass is 9.98. The number of hydrogen-bond donors (Lipinski definition) is 1. The number of carbonyl (C=O) groups excluding carboxylic acids is 2. The van der Waals surface area contributed by atoms with Crippen molar-refractivity contribution in [2.24, 2.45) is 0 Å². The van der Waals surface area contributed by atoms with Crippen molar-refractivity contribution in [2.45, 2.75) is 11.8 Å². The highest BCUT2D eigenvalue weighted by atomic mass is 32.2. The van der Waals surface area contributed by atoms with Gasteiger partial charge in [-0.25, -0.2) is 9.07 Å². The zero-order valence-corrected chi connectivity index (χ0v) is 26.9. The Kier molecular flexibility index (Phi) is 9.44. The Morgan fingerprint density at radius 3 is 2.30 bits per heavy atom. The van der Waals surface area contributed by atoms with Gasteiger partial charge in [0.2, 0.25) is 11.8 Å². The number of nitrogens with zero attached hydrogens (tertiary/aromatic N) is 3. The molecule has 0 aliphatic carbocycles. The summed E-state index contributed by atoms with van der Waals surface area (Å²) in [5.74, 6) is 1.49. The lowest BCUT2D eigenvalue weighted by Gasteiger charge is -2.24. The largest absolute Gasteiger partial charge is 0.497 e. The summed E-state index contributed by atoms with van der Waals surface area (Å²) in [5.41, 5.74) is 4.47. The minimum atomic E-state index is -0.423. The highest BCUT2D eigenvalue weighted by Crippen LogP contribution is 2.51. The molecule has 0 saturated carbocycles. The molecule has 1 aliphatic rings. The van der Waals surface area contributed by atoms with Gasteiger partial charge in [-0.15, -0.1) is 11.8 Å². The second kappa shape index (κ2) is 14.0. The first-order valence-corrected chi connectivity index (χ1v) is 15.9. The molecule has 11 heteroatoms. The van der Waals surface area contributed by atoms with Gasteiger partial charge < -0.3 is 19.5 Å². The Morgan fingerprint density at radius 1 is 0.915 bits per heavy atom. The number of hydrogen-bond acceptors (Lipinski definition) is 7. The lowest BCUT2D eigenvalue weighted by molar-refractivity contribution is -0.123. The van der Waals surface area contributed by atoms with Crippen molar-refractivity contribution < 1.29 is 28.2 Å². The highest BCUT2D eigenvalue weighted by molar-refractivity contribution is 8.00. The molecule has 0 bridgehead atoms. The van der Waals surface area contributed by atoms with Gasteiger partial charge in [0.15, 0.2) is 0 Å². The van der Waals surface area contributed by atoms with E-state index in [0.717, 1.165) is 22.3 Å². The van der Waals surface area contributed by atoms with Crippen molar-refractivity contribution >= 4 is 29.4 Å². The molecule has 0 fully saturated rings. The number of carbonyl (C=O) groups is 2. The van der Waals surface area contributed by atoms with Gasteiger partial charge in [0.05, 0.1) is 43.7 Å². The molecule has 0 saturated heterocycles. The fourth-order valence-corrected chi connectivity index (χ4v) is 6.74. The number of aromatic nitrogens is 2. The van der Waals surface area contributed by atoms with Crippen LogP contribution in [-0.4, -0.2) is 55.2 Å². The number of amides is 2. The van der Waals surface area contributed by atoms with Crippen LogP contribution in [0.1, 0.15) is 21.9 Å². The van der Waals surface area contributed by atoms with Crippen LogP contribution in [0, 0.1) is 5.82 Å². The van der Waals surface area contributed by atoms with E-state index in [1.807, 2.05) is 72.8 Å². The average Bonchev–Trinajstić information content (AvgIpc) is 3.44. The third-order valence-corrected chi connectivity index (χ3v) is 9.11. The molecular formula is C36H33FN4O5S. The van der Waals surface area contributed by atoms with Crippen LogP contribution in [0.4, 0.5) is 10.2 Å². The first-order valence-electron chi connectivity index (χ1n) is 14.9. The van der Waals surface area contributed by atoms with E-state index in [1.165, 1.54) is 28.8 Å². The molecular weight excluding hydrogens is 619 g/mol. The summed E-state index contributed by atoms with van der Waals surface area (Å²) in [6.45, 7) is -0.0783. The van der Waals surface area contributed by atoms with Gasteiger partial charge in [0.1, 0.15) is 35.4 Å². The Balaban J connectivity index is 1.53. The number of halogens is 1. The van der Waals surface area contributed by atoms with Gasteiger partial charge in [-0.05, 0) is 60.2 Å². The van der Waals surface area contributed by atoms with E-state index in [4.69, 9.17) is 19.3 Å². The van der Waals surface area contributed by atoms with Gasteiger partial charge in [-0.3, -0.25) is 14.5 Å². The van der Waals surface area contributed by atoms with Crippen molar-refractivity contribution in [3.05, 3.63) is 120 Å². The molecule has 47 heavy (non-hydrogen) atoms. The van der Waals surface area contributed by atoms with E-state index in [2.05, 4.69) is 5.32 Å². The predicted molar refractivity (Wildman–Crippen MR) is 180 cm³/mol. The molecule has 6 rings (SSSR count). The maximum Gasteiger partial charge on any atom is 0.240 e. The van der Waals surface area contributed by atoms with E-state index in [-0.39, 0.29) is 36.5 Å². The highest BCUT2D eigenvalue weighted by Gasteiger charge is 2.38. The quantitative estimate of drug-likeness (QED) is 0.192. The summed E-state index contributed by atoms with van der Waals surface area (Å²) >= 11 is 1.44. The van der Waals surface area contributed by atoms with Crippen LogP contribution in [-0.2, 0) is 16.1 Å². The Bertz CT molecular complexity index is 1880. The molecule has 240 valence electrons. The third-order valence-electron chi connectivity index (χ3n) is 7.88. The molecule has 4 aromatic carbocycles. The van der Waals surface area contributed by atoms with E-state index >= 15 is 0 Å². The van der Waals surface area contributed by atoms with Gasteiger partial charge >= 0.3 is 0 Å². The Labute approximate surface area is 276 Å². The Hall–Kier alpha value is -5.29. The number of thioether (sulfide) groups is 1. The van der Waals surface area contributed by atoms with Crippen LogP contribution >= 0.6 is 11.8 Å². The first kappa shape index (κ1) is 31.7. The van der Waals surface area contributed by atoms with Crippen LogP contribution in [0.15, 0.2) is 97.1 Å². The van der Waals surface area contributed by atoms with Gasteiger partial charge in [-0.1, -0.05) is 42.5 Å². The van der Waals surface area contributed by atoms with Crippen molar-refractivity contribution in [1.29, 1.82) is 0 Å². The summed E-state index contributed by atoms with van der Waals surface area (Å²) in [5, 5.41) is 7.59. The zero-order chi connectivity index (χ0) is 32.9. The van der Waals surface area contributed by atoms with E-state index < -0.39 is 5.25 Å². The normalized spacial score (nSPS) is 14.3. The SMILES string of the molecule is COc1ccc(-n2nc(-c3ccccc3)c3c2N(CC(=O)NCc2ccc(F)cc2)C(=O)CS[C@H]3c2cc(OC)ccc2OC)cc1. The summed E-state index contributed by atoms with van der Waals surface area (Å²) in [6, 6.07) is 28.6. The maximum absolute atomic E-state index is 14.1. The van der Waals surface area contributed by atoms with Crippen LogP contribution in [0.2, 0.25) is 0 Å². The predicted octanol–water partition coefficient (Wildman–Crippen LogP) is 6.19.